The first kappa shape index (κ1) is 21.7. The number of hydrogen-bond donors (Lipinski definition) is 1. The molecule has 164 valence electrons. The lowest BCUT2D eigenvalue weighted by molar-refractivity contribution is -0.117. The van der Waals surface area contributed by atoms with E-state index in [2.05, 4.69) is 22.3 Å². The van der Waals surface area contributed by atoms with Crippen LogP contribution in [0.2, 0.25) is 5.02 Å². The van der Waals surface area contributed by atoms with E-state index in [1.165, 1.54) is 12.8 Å². The summed E-state index contributed by atoms with van der Waals surface area (Å²) in [7, 11) is 1.65. The molecule has 6 nitrogen and oxygen atoms in total. The number of carbonyl (C=O) groups is 2. The maximum atomic E-state index is 13.2. The average Bonchev–Trinajstić information content (AvgIpc) is 3.46. The molecule has 2 fully saturated rings. The van der Waals surface area contributed by atoms with E-state index >= 15 is 0 Å². The predicted octanol–water partition coefficient (Wildman–Crippen LogP) is 4.04. The van der Waals surface area contributed by atoms with Crippen LogP contribution >= 0.6 is 11.6 Å². The third-order valence-corrected chi connectivity index (χ3v) is 6.34. The van der Waals surface area contributed by atoms with Crippen LogP contribution < -0.4 is 15.0 Å². The molecular weight excluding hydrogens is 414 g/mol. The Balaban J connectivity index is 1.53. The fourth-order valence-electron chi connectivity index (χ4n) is 4.44. The predicted molar refractivity (Wildman–Crippen MR) is 122 cm³/mol. The van der Waals surface area contributed by atoms with Crippen molar-refractivity contribution in [2.24, 2.45) is 0 Å². The smallest absolute Gasteiger partial charge is 0.253 e. The van der Waals surface area contributed by atoms with Crippen LogP contribution in [0.1, 0.15) is 47.6 Å². The van der Waals surface area contributed by atoms with Crippen molar-refractivity contribution in [1.29, 1.82) is 0 Å². The number of halogens is 1. The maximum Gasteiger partial charge on any atom is 0.253 e. The van der Waals surface area contributed by atoms with E-state index in [9.17, 15) is 9.59 Å². The van der Waals surface area contributed by atoms with Gasteiger partial charge in [0.2, 0.25) is 5.91 Å². The van der Waals surface area contributed by atoms with E-state index in [4.69, 9.17) is 16.3 Å². The van der Waals surface area contributed by atoms with Gasteiger partial charge in [0, 0.05) is 24.5 Å². The minimum atomic E-state index is -0.191. The van der Waals surface area contributed by atoms with Crippen LogP contribution in [0, 0.1) is 0 Å². The van der Waals surface area contributed by atoms with Crippen molar-refractivity contribution in [2.45, 2.75) is 31.7 Å². The van der Waals surface area contributed by atoms with Crippen LogP contribution in [0.4, 0.5) is 5.69 Å². The SMILES string of the molecule is COc1ccc([C@H](CNC(=O)c2ccc(Cl)cc2N2CCCC2=O)N2CCCC2)cc1. The largest absolute Gasteiger partial charge is 0.497 e. The molecule has 2 heterocycles. The molecule has 4 rings (SSSR count). The lowest BCUT2D eigenvalue weighted by Gasteiger charge is -2.28. The summed E-state index contributed by atoms with van der Waals surface area (Å²) in [5, 5.41) is 3.62. The first-order valence-corrected chi connectivity index (χ1v) is 11.2. The molecule has 2 amide bonds. The standard InChI is InChI=1S/C24H28ClN3O3/c1-31-19-9-6-17(7-10-19)22(27-12-2-3-13-27)16-26-24(30)20-11-8-18(25)15-21(20)28-14-4-5-23(28)29/h6-11,15,22H,2-5,12-14,16H2,1H3,(H,26,30)/t22-/m0/s1. The highest BCUT2D eigenvalue weighted by Crippen LogP contribution is 2.30. The molecule has 2 aliphatic heterocycles. The third kappa shape index (κ3) is 4.86. The Bertz CT molecular complexity index is 942. The molecule has 0 aliphatic carbocycles. The number of benzene rings is 2. The first-order valence-electron chi connectivity index (χ1n) is 10.8. The number of ether oxygens (including phenoxy) is 1. The van der Waals surface area contributed by atoms with Crippen molar-refractivity contribution in [3.63, 3.8) is 0 Å². The number of amides is 2. The monoisotopic (exact) mass is 441 g/mol. The number of nitrogens with zero attached hydrogens (tertiary/aromatic N) is 2. The lowest BCUT2D eigenvalue weighted by Crippen LogP contribution is -2.37. The molecule has 0 radical (unpaired) electrons. The van der Waals surface area contributed by atoms with Crippen molar-refractivity contribution < 1.29 is 14.3 Å². The highest BCUT2D eigenvalue weighted by molar-refractivity contribution is 6.31. The van der Waals surface area contributed by atoms with Gasteiger partial charge in [-0.3, -0.25) is 14.5 Å². The molecule has 1 N–H and O–H groups in total. The maximum absolute atomic E-state index is 13.2. The fourth-order valence-corrected chi connectivity index (χ4v) is 4.61. The van der Waals surface area contributed by atoms with Crippen molar-refractivity contribution in [3.05, 3.63) is 58.6 Å². The molecule has 2 aromatic carbocycles. The van der Waals surface area contributed by atoms with Crippen LogP contribution in [0.5, 0.6) is 5.75 Å². The second kappa shape index (κ2) is 9.71. The van der Waals surface area contributed by atoms with Crippen LogP contribution in [0.3, 0.4) is 0 Å². The quantitative estimate of drug-likeness (QED) is 0.704. The molecule has 0 aromatic heterocycles. The number of likely N-dealkylation sites (tertiary alicyclic amines) is 1. The number of hydrogen-bond acceptors (Lipinski definition) is 4. The Morgan fingerprint density at radius 2 is 1.84 bits per heavy atom. The molecular formula is C24H28ClN3O3. The molecule has 2 saturated heterocycles. The zero-order valence-electron chi connectivity index (χ0n) is 17.8. The Kier molecular flexibility index (Phi) is 6.78. The zero-order valence-corrected chi connectivity index (χ0v) is 18.5. The van der Waals surface area contributed by atoms with Gasteiger partial charge in [0.1, 0.15) is 5.75 Å². The van der Waals surface area contributed by atoms with Crippen molar-refractivity contribution in [3.8, 4) is 5.75 Å². The third-order valence-electron chi connectivity index (χ3n) is 6.11. The van der Waals surface area contributed by atoms with Crippen molar-refractivity contribution in [2.75, 3.05) is 38.2 Å². The van der Waals surface area contributed by atoms with Gasteiger partial charge in [-0.15, -0.1) is 0 Å². The van der Waals surface area contributed by atoms with Gasteiger partial charge in [0.05, 0.1) is 24.4 Å². The van der Waals surface area contributed by atoms with Gasteiger partial charge in [-0.05, 0) is 68.2 Å². The first-order chi connectivity index (χ1) is 15.1. The van der Waals surface area contributed by atoms with Gasteiger partial charge in [-0.2, -0.15) is 0 Å². The van der Waals surface area contributed by atoms with Gasteiger partial charge >= 0.3 is 0 Å². The van der Waals surface area contributed by atoms with Crippen LogP contribution in [0.25, 0.3) is 0 Å². The van der Waals surface area contributed by atoms with Gasteiger partial charge < -0.3 is 15.0 Å². The van der Waals surface area contributed by atoms with Crippen LogP contribution in [-0.2, 0) is 4.79 Å². The normalized spacial score (nSPS) is 17.7. The summed E-state index contributed by atoms with van der Waals surface area (Å²) in [6.07, 6.45) is 3.63. The molecule has 0 bridgehead atoms. The van der Waals surface area contributed by atoms with Crippen LogP contribution in [-0.4, -0.2) is 50.0 Å². The van der Waals surface area contributed by atoms with E-state index in [1.54, 1.807) is 30.2 Å². The summed E-state index contributed by atoms with van der Waals surface area (Å²) < 4.78 is 5.28. The second-order valence-corrected chi connectivity index (χ2v) is 8.49. The molecule has 0 spiro atoms. The van der Waals surface area contributed by atoms with Crippen molar-refractivity contribution in [1.82, 2.24) is 10.2 Å². The van der Waals surface area contributed by atoms with Gasteiger partial charge in [-0.1, -0.05) is 23.7 Å². The minimum absolute atomic E-state index is 0.0319. The Hall–Kier alpha value is -2.57. The Morgan fingerprint density at radius 3 is 2.48 bits per heavy atom. The number of nitrogens with one attached hydrogen (secondary N) is 1. The van der Waals surface area contributed by atoms with E-state index in [0.29, 0.717) is 35.8 Å². The molecule has 31 heavy (non-hydrogen) atoms. The molecule has 1 atom stereocenters. The summed E-state index contributed by atoms with van der Waals surface area (Å²) in [5.41, 5.74) is 2.22. The summed E-state index contributed by atoms with van der Waals surface area (Å²) >= 11 is 6.18. The highest BCUT2D eigenvalue weighted by Gasteiger charge is 2.28. The van der Waals surface area contributed by atoms with Gasteiger partial charge in [0.15, 0.2) is 0 Å². The highest BCUT2D eigenvalue weighted by atomic mass is 35.5. The number of rotatable bonds is 7. The van der Waals surface area contributed by atoms with Gasteiger partial charge in [0.25, 0.3) is 5.91 Å². The lowest BCUT2D eigenvalue weighted by atomic mass is 10.0. The summed E-state index contributed by atoms with van der Waals surface area (Å²) in [6, 6.07) is 13.2. The molecule has 7 heteroatoms. The molecule has 2 aromatic rings. The second-order valence-electron chi connectivity index (χ2n) is 8.05. The summed E-state index contributed by atoms with van der Waals surface area (Å²) in [4.78, 5) is 29.5. The fraction of sp³-hybridized carbons (Fsp3) is 0.417. The number of carbonyl (C=O) groups excluding carboxylic acids is 2. The molecule has 0 unspecified atom stereocenters. The Labute approximate surface area is 188 Å². The zero-order chi connectivity index (χ0) is 21.8. The summed E-state index contributed by atoms with van der Waals surface area (Å²) in [6.45, 7) is 3.13. The van der Waals surface area contributed by atoms with E-state index < -0.39 is 0 Å². The average molecular weight is 442 g/mol. The minimum Gasteiger partial charge on any atom is -0.497 e. The van der Waals surface area contributed by atoms with E-state index in [0.717, 1.165) is 30.8 Å². The van der Waals surface area contributed by atoms with Gasteiger partial charge in [-0.25, -0.2) is 0 Å². The Morgan fingerprint density at radius 1 is 1.10 bits per heavy atom. The summed E-state index contributed by atoms with van der Waals surface area (Å²) in [5.74, 6) is 0.655. The topological polar surface area (TPSA) is 61.9 Å². The van der Waals surface area contributed by atoms with E-state index in [-0.39, 0.29) is 17.9 Å². The van der Waals surface area contributed by atoms with Crippen LogP contribution in [0.15, 0.2) is 42.5 Å². The molecule has 0 saturated carbocycles. The number of anilines is 1. The van der Waals surface area contributed by atoms with E-state index in [1.807, 2.05) is 12.1 Å². The molecule has 2 aliphatic rings. The van der Waals surface area contributed by atoms with Crippen molar-refractivity contribution >= 4 is 29.1 Å². The number of methoxy groups -OCH3 is 1.